The number of ether oxygens (including phenoxy) is 3. The quantitative estimate of drug-likeness (QED) is 0.712. The van der Waals surface area contributed by atoms with Gasteiger partial charge in [0.15, 0.2) is 11.5 Å². The maximum atomic E-state index is 12.1. The third kappa shape index (κ3) is 6.32. The Kier molecular flexibility index (Phi) is 8.19. The van der Waals surface area contributed by atoms with Crippen LogP contribution in [0.1, 0.15) is 25.3 Å². The normalized spacial score (nSPS) is 14.6. The second-order valence-electron chi connectivity index (χ2n) is 6.31. The van der Waals surface area contributed by atoms with Crippen LogP contribution in [0.3, 0.4) is 0 Å². The largest absolute Gasteiger partial charge is 0.493 e. The number of nitrogens with zero attached hydrogens (tertiary/aromatic N) is 1. The molecule has 150 valence electrons. The zero-order valence-electron chi connectivity index (χ0n) is 16.2. The number of hydrogen-bond acceptors (Lipinski definition) is 6. The van der Waals surface area contributed by atoms with Crippen LogP contribution in [-0.2, 0) is 16.1 Å². The molecular weight excluding hydrogens is 350 g/mol. The van der Waals surface area contributed by atoms with Gasteiger partial charge in [0.25, 0.3) is 0 Å². The van der Waals surface area contributed by atoms with Gasteiger partial charge in [0.2, 0.25) is 5.91 Å². The molecule has 0 atom stereocenters. The van der Waals surface area contributed by atoms with E-state index >= 15 is 0 Å². The number of methoxy groups -OCH3 is 2. The maximum Gasteiger partial charge on any atom is 0.409 e. The maximum absolute atomic E-state index is 12.1. The van der Waals surface area contributed by atoms with Crippen LogP contribution in [0.15, 0.2) is 18.2 Å². The lowest BCUT2D eigenvalue weighted by Gasteiger charge is -2.31. The summed E-state index contributed by atoms with van der Waals surface area (Å²) in [5.74, 6) is 1.22. The monoisotopic (exact) mass is 379 g/mol. The minimum atomic E-state index is -0.261. The Bertz CT molecular complexity index is 630. The van der Waals surface area contributed by atoms with Crippen LogP contribution in [0.25, 0.3) is 0 Å². The van der Waals surface area contributed by atoms with Crippen LogP contribution in [0.2, 0.25) is 0 Å². The SMILES string of the molecule is CCOC(=O)N1CCC(NCC(=O)NCc2ccc(OC)c(OC)c2)CC1. The molecule has 2 N–H and O–H groups in total. The Labute approximate surface area is 160 Å². The highest BCUT2D eigenvalue weighted by atomic mass is 16.6. The molecule has 1 aliphatic rings. The summed E-state index contributed by atoms with van der Waals surface area (Å²) in [6, 6.07) is 5.77. The number of carbonyl (C=O) groups excluding carboxylic acids is 2. The van der Waals surface area contributed by atoms with Gasteiger partial charge < -0.3 is 29.7 Å². The van der Waals surface area contributed by atoms with Crippen molar-refractivity contribution >= 4 is 12.0 Å². The molecule has 0 aliphatic carbocycles. The smallest absolute Gasteiger partial charge is 0.409 e. The standard InChI is InChI=1S/C19H29N3O5/c1-4-27-19(24)22-9-7-15(8-10-22)20-13-18(23)21-12-14-5-6-16(25-2)17(11-14)26-3/h5-6,11,15,20H,4,7-10,12-13H2,1-3H3,(H,21,23). The first-order valence-electron chi connectivity index (χ1n) is 9.20. The molecule has 2 amide bonds. The first-order valence-corrected chi connectivity index (χ1v) is 9.20. The summed E-state index contributed by atoms with van der Waals surface area (Å²) in [7, 11) is 3.17. The fourth-order valence-electron chi connectivity index (χ4n) is 2.97. The number of amides is 2. The first kappa shape index (κ1) is 20.8. The van der Waals surface area contributed by atoms with Crippen molar-refractivity contribution in [2.75, 3.05) is 40.5 Å². The molecule has 0 bridgehead atoms. The van der Waals surface area contributed by atoms with Crippen molar-refractivity contribution in [3.63, 3.8) is 0 Å². The average Bonchev–Trinajstić information content (AvgIpc) is 2.71. The van der Waals surface area contributed by atoms with Crippen LogP contribution in [-0.4, -0.2) is 63.4 Å². The van der Waals surface area contributed by atoms with Crippen molar-refractivity contribution < 1.29 is 23.8 Å². The second kappa shape index (κ2) is 10.6. The van der Waals surface area contributed by atoms with Crippen molar-refractivity contribution in [3.05, 3.63) is 23.8 Å². The predicted molar refractivity (Wildman–Crippen MR) is 101 cm³/mol. The highest BCUT2D eigenvalue weighted by Crippen LogP contribution is 2.27. The van der Waals surface area contributed by atoms with Crippen molar-refractivity contribution in [2.45, 2.75) is 32.4 Å². The molecule has 8 nitrogen and oxygen atoms in total. The summed E-state index contributed by atoms with van der Waals surface area (Å²) < 4.78 is 15.5. The van der Waals surface area contributed by atoms with Gasteiger partial charge in [-0.25, -0.2) is 4.79 Å². The molecule has 2 rings (SSSR count). The third-order valence-electron chi connectivity index (χ3n) is 4.51. The molecular formula is C19H29N3O5. The van der Waals surface area contributed by atoms with Crippen molar-refractivity contribution in [1.82, 2.24) is 15.5 Å². The van der Waals surface area contributed by atoms with E-state index in [1.165, 1.54) is 0 Å². The molecule has 27 heavy (non-hydrogen) atoms. The van der Waals surface area contributed by atoms with Gasteiger partial charge in [0.05, 0.1) is 27.4 Å². The second-order valence-corrected chi connectivity index (χ2v) is 6.31. The lowest BCUT2D eigenvalue weighted by Crippen LogP contribution is -2.47. The fourth-order valence-corrected chi connectivity index (χ4v) is 2.97. The highest BCUT2D eigenvalue weighted by molar-refractivity contribution is 5.78. The Balaban J connectivity index is 1.69. The van der Waals surface area contributed by atoms with E-state index in [0.29, 0.717) is 37.7 Å². The number of carbonyl (C=O) groups is 2. The van der Waals surface area contributed by atoms with Gasteiger partial charge in [-0.15, -0.1) is 0 Å². The van der Waals surface area contributed by atoms with Gasteiger partial charge >= 0.3 is 6.09 Å². The molecule has 1 aromatic carbocycles. The average molecular weight is 379 g/mol. The number of benzene rings is 1. The Morgan fingerprint density at radius 2 is 1.85 bits per heavy atom. The molecule has 1 aliphatic heterocycles. The van der Waals surface area contributed by atoms with Crippen molar-refractivity contribution in [2.24, 2.45) is 0 Å². The zero-order chi connectivity index (χ0) is 19.6. The van der Waals surface area contributed by atoms with Gasteiger partial charge in [-0.3, -0.25) is 4.79 Å². The van der Waals surface area contributed by atoms with Crippen LogP contribution in [0, 0.1) is 0 Å². The lowest BCUT2D eigenvalue weighted by molar-refractivity contribution is -0.120. The third-order valence-corrected chi connectivity index (χ3v) is 4.51. The molecule has 0 saturated carbocycles. The van der Waals surface area contributed by atoms with Crippen LogP contribution >= 0.6 is 0 Å². The van der Waals surface area contributed by atoms with E-state index in [0.717, 1.165) is 18.4 Å². The highest BCUT2D eigenvalue weighted by Gasteiger charge is 2.23. The number of piperidine rings is 1. The van der Waals surface area contributed by atoms with Gasteiger partial charge in [-0.2, -0.15) is 0 Å². The molecule has 1 fully saturated rings. The van der Waals surface area contributed by atoms with E-state index in [-0.39, 0.29) is 24.6 Å². The summed E-state index contributed by atoms with van der Waals surface area (Å²) >= 11 is 0. The van der Waals surface area contributed by atoms with Gasteiger partial charge in [0, 0.05) is 25.7 Å². The molecule has 1 aromatic rings. The van der Waals surface area contributed by atoms with E-state index in [2.05, 4.69) is 10.6 Å². The minimum Gasteiger partial charge on any atom is -0.493 e. The Morgan fingerprint density at radius 3 is 2.48 bits per heavy atom. The predicted octanol–water partition coefficient (Wildman–Crippen LogP) is 1.53. The molecule has 1 saturated heterocycles. The van der Waals surface area contributed by atoms with E-state index in [4.69, 9.17) is 14.2 Å². The van der Waals surface area contributed by atoms with Gasteiger partial charge in [0.1, 0.15) is 0 Å². The van der Waals surface area contributed by atoms with E-state index < -0.39 is 0 Å². The Hall–Kier alpha value is -2.48. The van der Waals surface area contributed by atoms with E-state index in [1.807, 2.05) is 18.2 Å². The molecule has 0 aromatic heterocycles. The number of hydrogen-bond donors (Lipinski definition) is 2. The van der Waals surface area contributed by atoms with Crippen LogP contribution in [0.5, 0.6) is 11.5 Å². The molecule has 0 radical (unpaired) electrons. The van der Waals surface area contributed by atoms with E-state index in [9.17, 15) is 9.59 Å². The summed E-state index contributed by atoms with van der Waals surface area (Å²) in [6.45, 7) is 4.14. The topological polar surface area (TPSA) is 89.1 Å². The molecule has 1 heterocycles. The number of nitrogens with one attached hydrogen (secondary N) is 2. The van der Waals surface area contributed by atoms with E-state index in [1.54, 1.807) is 26.0 Å². The van der Waals surface area contributed by atoms with Gasteiger partial charge in [-0.1, -0.05) is 6.07 Å². The summed E-state index contributed by atoms with van der Waals surface area (Å²) in [5.41, 5.74) is 0.934. The number of rotatable bonds is 8. The first-order chi connectivity index (χ1) is 13.1. The van der Waals surface area contributed by atoms with Gasteiger partial charge in [-0.05, 0) is 37.5 Å². The molecule has 0 spiro atoms. The summed E-state index contributed by atoms with van der Waals surface area (Å²) in [6.07, 6.45) is 1.35. The zero-order valence-corrected chi connectivity index (χ0v) is 16.2. The van der Waals surface area contributed by atoms with Crippen molar-refractivity contribution in [1.29, 1.82) is 0 Å². The summed E-state index contributed by atoms with van der Waals surface area (Å²) in [5, 5.41) is 6.14. The fraction of sp³-hybridized carbons (Fsp3) is 0.579. The molecule has 8 heteroatoms. The van der Waals surface area contributed by atoms with Crippen LogP contribution < -0.4 is 20.1 Å². The summed E-state index contributed by atoms with van der Waals surface area (Å²) in [4.78, 5) is 25.5. The Morgan fingerprint density at radius 1 is 1.15 bits per heavy atom. The van der Waals surface area contributed by atoms with Crippen molar-refractivity contribution in [3.8, 4) is 11.5 Å². The minimum absolute atomic E-state index is 0.0717. The van der Waals surface area contributed by atoms with Crippen LogP contribution in [0.4, 0.5) is 4.79 Å². The number of likely N-dealkylation sites (tertiary alicyclic amines) is 1. The molecule has 0 unspecified atom stereocenters. The lowest BCUT2D eigenvalue weighted by atomic mass is 10.1.